The van der Waals surface area contributed by atoms with Crippen molar-refractivity contribution in [1.82, 2.24) is 19.7 Å². The van der Waals surface area contributed by atoms with Gasteiger partial charge in [-0.25, -0.2) is 4.98 Å². The summed E-state index contributed by atoms with van der Waals surface area (Å²) in [5.74, 6) is 1.46. The highest BCUT2D eigenvalue weighted by atomic mass is 32.2. The topological polar surface area (TPSA) is 84.5 Å². The summed E-state index contributed by atoms with van der Waals surface area (Å²) in [6.07, 6.45) is 3.55. The zero-order chi connectivity index (χ0) is 23.3. The second kappa shape index (κ2) is 9.86. The third-order valence-corrected chi connectivity index (χ3v) is 6.63. The Morgan fingerprint density at radius 2 is 1.71 bits per heavy atom. The van der Waals surface area contributed by atoms with Crippen LogP contribution >= 0.6 is 11.8 Å². The van der Waals surface area contributed by atoms with Gasteiger partial charge in [-0.15, -0.1) is 10.2 Å². The third kappa shape index (κ3) is 4.54. The van der Waals surface area contributed by atoms with Crippen molar-refractivity contribution >= 4 is 40.2 Å². The number of aromatic nitrogens is 4. The predicted octanol–water partition coefficient (Wildman–Crippen LogP) is 5.75. The molecule has 166 valence electrons. The van der Waals surface area contributed by atoms with Gasteiger partial charge in [0.1, 0.15) is 5.52 Å². The second-order valence-corrected chi connectivity index (χ2v) is 8.94. The van der Waals surface area contributed by atoms with Crippen LogP contribution in [0.25, 0.3) is 22.1 Å². The molecule has 3 aromatic carbocycles. The summed E-state index contributed by atoms with van der Waals surface area (Å²) >= 11 is 1.38. The molecular formula is C27H21N5OS. The minimum absolute atomic E-state index is 0.464. The maximum Gasteiger partial charge on any atom is 0.219 e. The average molecular weight is 464 g/mol. The van der Waals surface area contributed by atoms with Crippen molar-refractivity contribution in [3.8, 4) is 6.07 Å². The Bertz CT molecular complexity index is 1500. The summed E-state index contributed by atoms with van der Waals surface area (Å²) in [6.45, 7) is 0. The Balaban J connectivity index is 0.000000222. The molecule has 0 saturated heterocycles. The van der Waals surface area contributed by atoms with E-state index < -0.39 is 0 Å². The van der Waals surface area contributed by atoms with Crippen molar-refractivity contribution in [3.63, 3.8) is 0 Å². The van der Waals surface area contributed by atoms with E-state index in [1.165, 1.54) is 34.7 Å². The lowest BCUT2D eigenvalue weighted by molar-refractivity contribution is 0.550. The van der Waals surface area contributed by atoms with Gasteiger partial charge in [-0.1, -0.05) is 78.5 Å². The first-order valence-electron chi connectivity index (χ1n) is 11.0. The van der Waals surface area contributed by atoms with Crippen LogP contribution in [-0.2, 0) is 10.5 Å². The molecule has 7 heteroatoms. The molecule has 0 unspecified atom stereocenters. The van der Waals surface area contributed by atoms with Gasteiger partial charge in [-0.3, -0.25) is 9.36 Å². The van der Waals surface area contributed by atoms with Gasteiger partial charge >= 0.3 is 0 Å². The Labute approximate surface area is 201 Å². The fourth-order valence-electron chi connectivity index (χ4n) is 3.85. The van der Waals surface area contributed by atoms with E-state index in [1.807, 2.05) is 42.5 Å². The quantitative estimate of drug-likeness (QED) is 0.244. The summed E-state index contributed by atoms with van der Waals surface area (Å²) in [4.78, 5) is 16.0. The standard InChI is InChI=1S/C18H11N5OS.C9H10/c19-9-12-5-1-2-6-13(12)10-25-18-20-17-16(21-22-18)14-7-3-4-8-15(14)23(17)11-24;1-2-4-8(5-3-1)9-6-7-9/h1-8,11H,10H2;1-5,9H,6-7H2. The molecule has 1 aliphatic rings. The average Bonchev–Trinajstić information content (AvgIpc) is 3.71. The summed E-state index contributed by atoms with van der Waals surface area (Å²) < 4.78 is 1.48. The maximum atomic E-state index is 11.5. The van der Waals surface area contributed by atoms with Gasteiger partial charge in [-0.2, -0.15) is 5.26 Å². The monoisotopic (exact) mass is 463 g/mol. The third-order valence-electron chi connectivity index (χ3n) is 5.74. The molecular weight excluding hydrogens is 442 g/mol. The number of fused-ring (bicyclic) bond motifs is 3. The van der Waals surface area contributed by atoms with Crippen molar-refractivity contribution < 1.29 is 4.79 Å². The molecule has 6 nitrogen and oxygen atoms in total. The van der Waals surface area contributed by atoms with Crippen LogP contribution in [-0.4, -0.2) is 26.2 Å². The lowest BCUT2D eigenvalue weighted by atomic mass is 10.1. The van der Waals surface area contributed by atoms with E-state index in [-0.39, 0.29) is 0 Å². The van der Waals surface area contributed by atoms with Gasteiger partial charge in [0.05, 0.1) is 17.1 Å². The van der Waals surface area contributed by atoms with E-state index in [0.717, 1.165) is 28.8 Å². The van der Waals surface area contributed by atoms with E-state index in [9.17, 15) is 4.79 Å². The summed E-state index contributed by atoms with van der Waals surface area (Å²) in [7, 11) is 0. The molecule has 6 rings (SSSR count). The number of nitriles is 1. The van der Waals surface area contributed by atoms with Crippen LogP contribution in [0.5, 0.6) is 0 Å². The normalized spacial score (nSPS) is 12.7. The second-order valence-electron chi connectivity index (χ2n) is 8.00. The minimum Gasteiger partial charge on any atom is -0.278 e. The maximum absolute atomic E-state index is 11.5. The van der Waals surface area contributed by atoms with Crippen LogP contribution in [0.3, 0.4) is 0 Å². The molecule has 2 aromatic heterocycles. The van der Waals surface area contributed by atoms with Crippen molar-refractivity contribution in [3.05, 3.63) is 95.6 Å². The molecule has 0 atom stereocenters. The molecule has 1 fully saturated rings. The van der Waals surface area contributed by atoms with E-state index in [0.29, 0.717) is 27.6 Å². The van der Waals surface area contributed by atoms with Crippen LogP contribution in [0.15, 0.2) is 84.0 Å². The number of hydrogen-bond acceptors (Lipinski definition) is 6. The molecule has 0 bridgehead atoms. The van der Waals surface area contributed by atoms with E-state index >= 15 is 0 Å². The first-order chi connectivity index (χ1) is 16.8. The largest absolute Gasteiger partial charge is 0.278 e. The lowest BCUT2D eigenvalue weighted by Gasteiger charge is -2.02. The van der Waals surface area contributed by atoms with Crippen LogP contribution in [0, 0.1) is 11.3 Å². The van der Waals surface area contributed by atoms with Gasteiger partial charge in [-0.05, 0) is 42.0 Å². The summed E-state index contributed by atoms with van der Waals surface area (Å²) in [6, 6.07) is 27.8. The number of hydrogen-bond donors (Lipinski definition) is 0. The van der Waals surface area contributed by atoms with Crippen LogP contribution in [0.2, 0.25) is 0 Å². The highest BCUT2D eigenvalue weighted by molar-refractivity contribution is 7.98. The molecule has 34 heavy (non-hydrogen) atoms. The number of carbonyl (C=O) groups excluding carboxylic acids is 1. The zero-order valence-electron chi connectivity index (χ0n) is 18.3. The molecule has 0 aliphatic heterocycles. The summed E-state index contributed by atoms with van der Waals surface area (Å²) in [5, 5.41) is 18.9. The highest BCUT2D eigenvalue weighted by Crippen LogP contribution is 2.39. The first kappa shape index (κ1) is 21.8. The van der Waals surface area contributed by atoms with Crippen LogP contribution in [0.1, 0.15) is 35.4 Å². The Morgan fingerprint density at radius 1 is 0.971 bits per heavy atom. The van der Waals surface area contributed by atoms with Gasteiger partial charge < -0.3 is 0 Å². The minimum atomic E-state index is 0.464. The molecule has 0 amide bonds. The number of thioether (sulfide) groups is 1. The van der Waals surface area contributed by atoms with E-state index in [1.54, 1.807) is 6.07 Å². The highest BCUT2D eigenvalue weighted by Gasteiger charge is 2.22. The Hall–Kier alpha value is -4.02. The van der Waals surface area contributed by atoms with E-state index in [4.69, 9.17) is 5.26 Å². The smallest absolute Gasteiger partial charge is 0.219 e. The Kier molecular flexibility index (Phi) is 6.32. The molecule has 2 heterocycles. The number of para-hydroxylation sites is 1. The molecule has 1 saturated carbocycles. The molecule has 1 aliphatic carbocycles. The number of nitrogens with zero attached hydrogens (tertiary/aromatic N) is 5. The molecule has 5 aromatic rings. The van der Waals surface area contributed by atoms with Crippen molar-refractivity contribution in [2.75, 3.05) is 0 Å². The molecule has 0 N–H and O–H groups in total. The van der Waals surface area contributed by atoms with Gasteiger partial charge in [0.15, 0.2) is 5.65 Å². The van der Waals surface area contributed by atoms with Crippen LogP contribution in [0.4, 0.5) is 0 Å². The van der Waals surface area contributed by atoms with Crippen molar-refractivity contribution in [2.45, 2.75) is 29.7 Å². The number of rotatable bonds is 5. The fraction of sp³-hybridized carbons (Fsp3) is 0.148. The van der Waals surface area contributed by atoms with Gasteiger partial charge in [0, 0.05) is 11.1 Å². The van der Waals surface area contributed by atoms with Crippen LogP contribution < -0.4 is 0 Å². The Morgan fingerprint density at radius 3 is 2.47 bits per heavy atom. The lowest BCUT2D eigenvalue weighted by Crippen LogP contribution is -1.99. The summed E-state index contributed by atoms with van der Waals surface area (Å²) in [5.41, 5.74) is 4.91. The fourth-order valence-corrected chi connectivity index (χ4v) is 4.64. The predicted molar refractivity (Wildman–Crippen MR) is 134 cm³/mol. The number of benzene rings is 3. The zero-order valence-corrected chi connectivity index (χ0v) is 19.2. The first-order valence-corrected chi connectivity index (χ1v) is 12.0. The van der Waals surface area contributed by atoms with Gasteiger partial charge in [0.25, 0.3) is 0 Å². The van der Waals surface area contributed by atoms with Gasteiger partial charge in [0.2, 0.25) is 11.6 Å². The van der Waals surface area contributed by atoms with Crippen molar-refractivity contribution in [2.24, 2.45) is 0 Å². The molecule has 0 spiro atoms. The molecule has 0 radical (unpaired) electrons. The van der Waals surface area contributed by atoms with Crippen molar-refractivity contribution in [1.29, 1.82) is 5.26 Å². The number of carbonyl (C=O) groups is 1. The SMILES string of the molecule is N#Cc1ccccc1CSc1nnc2c3ccccc3n(C=O)c2n1.c1ccc(C2CC2)cc1. The van der Waals surface area contributed by atoms with E-state index in [2.05, 4.69) is 51.6 Å².